The molecule has 2 aromatic heterocycles. The lowest BCUT2D eigenvalue weighted by Gasteiger charge is -2.37. The van der Waals surface area contributed by atoms with Crippen LogP contribution in [-0.4, -0.2) is 94.9 Å². The van der Waals surface area contributed by atoms with Gasteiger partial charge in [-0.1, -0.05) is 0 Å². The van der Waals surface area contributed by atoms with Gasteiger partial charge < -0.3 is 19.6 Å². The maximum absolute atomic E-state index is 14.3. The van der Waals surface area contributed by atoms with Gasteiger partial charge >= 0.3 is 0 Å². The highest BCUT2D eigenvalue weighted by Crippen LogP contribution is 2.32. The first kappa shape index (κ1) is 24.2. The van der Waals surface area contributed by atoms with Gasteiger partial charge in [0.25, 0.3) is 0 Å². The summed E-state index contributed by atoms with van der Waals surface area (Å²) in [4.78, 5) is 30.6. The van der Waals surface area contributed by atoms with Crippen molar-refractivity contribution in [1.29, 1.82) is 0 Å². The molecule has 3 aromatic rings. The molecule has 2 fully saturated rings. The van der Waals surface area contributed by atoms with E-state index in [9.17, 15) is 9.18 Å². The molecule has 190 valence electrons. The van der Waals surface area contributed by atoms with E-state index in [1.165, 1.54) is 6.07 Å². The predicted octanol–water partition coefficient (Wildman–Crippen LogP) is 2.20. The van der Waals surface area contributed by atoms with E-state index in [-0.39, 0.29) is 18.3 Å². The number of likely N-dealkylation sites (N-methyl/N-ethyl adjacent to an activating group) is 1. The quantitative estimate of drug-likeness (QED) is 0.541. The minimum absolute atomic E-state index is 0.0630. The highest BCUT2D eigenvalue weighted by Gasteiger charge is 2.24. The molecule has 1 aromatic carbocycles. The lowest BCUT2D eigenvalue weighted by molar-refractivity contribution is -0.132. The van der Waals surface area contributed by atoms with Crippen LogP contribution in [0.25, 0.3) is 11.1 Å². The third kappa shape index (κ3) is 5.18. The third-order valence-corrected chi connectivity index (χ3v) is 7.06. The van der Waals surface area contributed by atoms with E-state index in [0.717, 1.165) is 54.4 Å². The van der Waals surface area contributed by atoms with Crippen LogP contribution in [0.4, 0.5) is 16.0 Å². The Bertz CT molecular complexity index is 1210. The van der Waals surface area contributed by atoms with Gasteiger partial charge in [-0.3, -0.25) is 9.48 Å². The van der Waals surface area contributed by atoms with Crippen molar-refractivity contribution >= 4 is 17.5 Å². The lowest BCUT2D eigenvalue weighted by Crippen LogP contribution is -2.49. The zero-order valence-corrected chi connectivity index (χ0v) is 21.2. The summed E-state index contributed by atoms with van der Waals surface area (Å²) >= 11 is 0. The van der Waals surface area contributed by atoms with Crippen molar-refractivity contribution in [2.45, 2.75) is 20.4 Å². The number of hydrogen-bond acceptors (Lipinski definition) is 7. The first-order valence-electron chi connectivity index (χ1n) is 12.5. The van der Waals surface area contributed by atoms with Crippen LogP contribution in [0, 0.1) is 19.7 Å². The molecule has 36 heavy (non-hydrogen) atoms. The summed E-state index contributed by atoms with van der Waals surface area (Å²) in [6.45, 7) is 10.4. The molecule has 0 atom stereocenters. The van der Waals surface area contributed by atoms with Gasteiger partial charge in [-0.05, 0) is 45.2 Å². The van der Waals surface area contributed by atoms with E-state index in [0.29, 0.717) is 32.1 Å². The fraction of sp³-hybridized carbons (Fsp3) is 0.462. The second kappa shape index (κ2) is 10.2. The molecule has 0 aliphatic carbocycles. The Morgan fingerprint density at radius 1 is 0.917 bits per heavy atom. The number of nitrogens with zero attached hydrogens (tertiary/aromatic N) is 8. The molecule has 0 bridgehead atoms. The molecular formula is C26H33FN8O. The summed E-state index contributed by atoms with van der Waals surface area (Å²) in [5.41, 5.74) is 4.37. The summed E-state index contributed by atoms with van der Waals surface area (Å²) in [6.07, 6.45) is 3.57. The average Bonchev–Trinajstić information content (AvgIpc) is 3.20. The molecule has 0 N–H and O–H groups in total. The molecule has 9 nitrogen and oxygen atoms in total. The molecule has 1 amide bonds. The van der Waals surface area contributed by atoms with Crippen LogP contribution in [0.5, 0.6) is 0 Å². The number of benzene rings is 1. The van der Waals surface area contributed by atoms with Crippen molar-refractivity contribution in [3.8, 4) is 11.1 Å². The zero-order valence-electron chi connectivity index (χ0n) is 21.2. The Balaban J connectivity index is 1.27. The van der Waals surface area contributed by atoms with Crippen LogP contribution in [0.1, 0.15) is 11.4 Å². The highest BCUT2D eigenvalue weighted by molar-refractivity contribution is 5.79. The van der Waals surface area contributed by atoms with Crippen molar-refractivity contribution in [2.24, 2.45) is 0 Å². The van der Waals surface area contributed by atoms with Gasteiger partial charge in [0.15, 0.2) is 0 Å². The Morgan fingerprint density at radius 2 is 1.58 bits per heavy atom. The average molecular weight is 493 g/mol. The van der Waals surface area contributed by atoms with Gasteiger partial charge in [-0.15, -0.1) is 0 Å². The minimum atomic E-state index is -0.296. The van der Waals surface area contributed by atoms with E-state index < -0.39 is 0 Å². The van der Waals surface area contributed by atoms with Crippen LogP contribution >= 0.6 is 0 Å². The van der Waals surface area contributed by atoms with E-state index >= 15 is 0 Å². The fourth-order valence-corrected chi connectivity index (χ4v) is 4.91. The van der Waals surface area contributed by atoms with Gasteiger partial charge in [0.1, 0.15) is 12.4 Å². The van der Waals surface area contributed by atoms with Crippen molar-refractivity contribution < 1.29 is 9.18 Å². The lowest BCUT2D eigenvalue weighted by atomic mass is 10.0. The van der Waals surface area contributed by atoms with Crippen LogP contribution in [0.15, 0.2) is 36.7 Å². The van der Waals surface area contributed by atoms with Crippen LogP contribution in [0.2, 0.25) is 0 Å². The molecule has 2 aliphatic heterocycles. The minimum Gasteiger partial charge on any atom is -0.367 e. The predicted molar refractivity (Wildman–Crippen MR) is 138 cm³/mol. The normalized spacial score (nSPS) is 17.1. The number of carbonyl (C=O) groups is 1. The van der Waals surface area contributed by atoms with Crippen LogP contribution in [0.3, 0.4) is 0 Å². The molecule has 0 radical (unpaired) electrons. The third-order valence-electron chi connectivity index (χ3n) is 7.06. The van der Waals surface area contributed by atoms with Gasteiger partial charge in [0.05, 0.1) is 5.69 Å². The summed E-state index contributed by atoms with van der Waals surface area (Å²) in [5.74, 6) is 0.475. The molecule has 2 aliphatic rings. The Kier molecular flexibility index (Phi) is 6.86. The molecule has 2 saturated heterocycles. The Hall–Kier alpha value is -3.53. The molecule has 5 rings (SSSR count). The van der Waals surface area contributed by atoms with E-state index in [1.54, 1.807) is 23.1 Å². The maximum Gasteiger partial charge on any atom is 0.244 e. The molecule has 4 heterocycles. The summed E-state index contributed by atoms with van der Waals surface area (Å²) < 4.78 is 16.0. The van der Waals surface area contributed by atoms with Gasteiger partial charge in [0.2, 0.25) is 11.9 Å². The zero-order chi connectivity index (χ0) is 25.2. The summed E-state index contributed by atoms with van der Waals surface area (Å²) in [6, 6.07) is 6.82. The topological polar surface area (TPSA) is 73.6 Å². The first-order valence-corrected chi connectivity index (χ1v) is 12.5. The molecule has 10 heteroatoms. The number of rotatable bonds is 5. The number of halogens is 1. The molecular weight excluding hydrogens is 459 g/mol. The van der Waals surface area contributed by atoms with Crippen molar-refractivity contribution in [3.05, 3.63) is 53.9 Å². The largest absolute Gasteiger partial charge is 0.367 e. The van der Waals surface area contributed by atoms with E-state index in [1.807, 2.05) is 30.9 Å². The van der Waals surface area contributed by atoms with Gasteiger partial charge in [0, 0.05) is 87.3 Å². The number of amides is 1. The van der Waals surface area contributed by atoms with Crippen LogP contribution < -0.4 is 9.80 Å². The van der Waals surface area contributed by atoms with Gasteiger partial charge in [-0.2, -0.15) is 5.10 Å². The number of hydrogen-bond donors (Lipinski definition) is 0. The van der Waals surface area contributed by atoms with E-state index in [4.69, 9.17) is 0 Å². The fourth-order valence-electron chi connectivity index (χ4n) is 4.91. The standard InChI is InChI=1S/C26H33FN8O/c1-19-14-20(2)35(30-19)18-25(36)33-12-10-32(11-13-33)24-5-4-22(27)15-23(24)21-16-28-26(29-17-21)34-8-6-31(3)7-9-34/h4-5,14-17H,6-13,18H2,1-3H3. The number of aryl methyl sites for hydroxylation is 2. The first-order chi connectivity index (χ1) is 17.4. The molecule has 0 unspecified atom stereocenters. The second-order valence-corrected chi connectivity index (χ2v) is 9.68. The number of piperazine rings is 2. The highest BCUT2D eigenvalue weighted by atomic mass is 19.1. The Labute approximate surface area is 211 Å². The number of anilines is 2. The monoisotopic (exact) mass is 492 g/mol. The second-order valence-electron chi connectivity index (χ2n) is 9.68. The van der Waals surface area contributed by atoms with Gasteiger partial charge in [-0.25, -0.2) is 14.4 Å². The van der Waals surface area contributed by atoms with Crippen molar-refractivity contribution in [2.75, 3.05) is 69.2 Å². The van der Waals surface area contributed by atoms with Crippen molar-refractivity contribution in [3.63, 3.8) is 0 Å². The SMILES string of the molecule is Cc1cc(C)n(CC(=O)N2CCN(c3ccc(F)cc3-c3cnc(N4CCN(C)CC4)nc3)CC2)n1. The van der Waals surface area contributed by atoms with Crippen molar-refractivity contribution in [1.82, 2.24) is 29.5 Å². The molecule has 0 saturated carbocycles. The maximum atomic E-state index is 14.3. The number of carbonyl (C=O) groups excluding carboxylic acids is 1. The number of aromatic nitrogens is 4. The molecule has 0 spiro atoms. The summed E-state index contributed by atoms with van der Waals surface area (Å²) in [7, 11) is 2.11. The van der Waals surface area contributed by atoms with Crippen LogP contribution in [-0.2, 0) is 11.3 Å². The smallest absolute Gasteiger partial charge is 0.244 e. The van der Waals surface area contributed by atoms with E-state index in [2.05, 4.69) is 36.8 Å². The summed E-state index contributed by atoms with van der Waals surface area (Å²) in [5, 5.41) is 4.41. The Morgan fingerprint density at radius 3 is 2.22 bits per heavy atom.